The second kappa shape index (κ2) is 8.87. The number of amides is 4. The summed E-state index contributed by atoms with van der Waals surface area (Å²) in [6.07, 6.45) is 1.30. The minimum atomic E-state index is -0.299. The van der Waals surface area contributed by atoms with E-state index >= 15 is 0 Å². The SMILES string of the molecule is O=C(Nc1nc2c(s1)CN(C(=O)CCCN1C(=O)c3ccccc3C1=O)CC2)c1cccs1. The van der Waals surface area contributed by atoms with Crippen molar-refractivity contribution in [2.24, 2.45) is 0 Å². The Balaban J connectivity index is 1.14. The zero-order chi connectivity index (χ0) is 22.9. The van der Waals surface area contributed by atoms with E-state index in [9.17, 15) is 19.2 Å². The highest BCUT2D eigenvalue weighted by Gasteiger charge is 2.34. The maximum Gasteiger partial charge on any atom is 0.267 e. The lowest BCUT2D eigenvalue weighted by atomic mass is 10.1. The Hall–Kier alpha value is -3.37. The molecule has 0 unspecified atom stereocenters. The topological polar surface area (TPSA) is 99.7 Å². The van der Waals surface area contributed by atoms with Crippen molar-refractivity contribution < 1.29 is 19.2 Å². The van der Waals surface area contributed by atoms with E-state index in [1.807, 2.05) is 11.4 Å². The lowest BCUT2D eigenvalue weighted by Gasteiger charge is -2.26. The number of hydrogen-bond donors (Lipinski definition) is 1. The number of nitrogens with zero attached hydrogens (tertiary/aromatic N) is 3. The molecule has 3 aromatic rings. The van der Waals surface area contributed by atoms with E-state index in [1.54, 1.807) is 35.2 Å². The van der Waals surface area contributed by atoms with Crippen LogP contribution in [-0.2, 0) is 17.8 Å². The fourth-order valence-corrected chi connectivity index (χ4v) is 5.65. The third-order valence-electron chi connectivity index (χ3n) is 5.70. The molecular formula is C23H20N4O4S2. The molecular weight excluding hydrogens is 460 g/mol. The number of benzene rings is 1. The van der Waals surface area contributed by atoms with E-state index in [-0.39, 0.29) is 36.6 Å². The molecule has 2 aromatic heterocycles. The van der Waals surface area contributed by atoms with Crippen molar-refractivity contribution in [1.29, 1.82) is 0 Å². The van der Waals surface area contributed by atoms with Gasteiger partial charge in [0.25, 0.3) is 17.7 Å². The van der Waals surface area contributed by atoms with Gasteiger partial charge in [-0.2, -0.15) is 0 Å². The Bertz CT molecular complexity index is 1220. The van der Waals surface area contributed by atoms with Gasteiger partial charge in [-0.3, -0.25) is 29.4 Å². The lowest BCUT2D eigenvalue weighted by Crippen LogP contribution is -2.36. The highest BCUT2D eigenvalue weighted by atomic mass is 32.1. The van der Waals surface area contributed by atoms with Crippen molar-refractivity contribution in [3.8, 4) is 0 Å². The number of fused-ring (bicyclic) bond motifs is 2. The summed E-state index contributed by atoms with van der Waals surface area (Å²) < 4.78 is 0. The van der Waals surface area contributed by atoms with Crippen LogP contribution in [0.2, 0.25) is 0 Å². The van der Waals surface area contributed by atoms with E-state index in [0.717, 1.165) is 10.6 Å². The molecule has 4 heterocycles. The van der Waals surface area contributed by atoms with E-state index < -0.39 is 0 Å². The first kappa shape index (κ1) is 21.5. The fourth-order valence-electron chi connectivity index (χ4n) is 4.02. The van der Waals surface area contributed by atoms with Crippen LogP contribution in [0, 0.1) is 0 Å². The van der Waals surface area contributed by atoms with Crippen molar-refractivity contribution in [3.63, 3.8) is 0 Å². The summed E-state index contributed by atoms with van der Waals surface area (Å²) in [5.41, 5.74) is 1.76. The standard InChI is InChI=1S/C23H20N4O4S2/c28-19(8-3-10-27-21(30)14-5-1-2-6-15(14)22(27)31)26-11-9-16-18(13-26)33-23(24-16)25-20(29)17-7-4-12-32-17/h1-2,4-7,12H,3,8-11,13H2,(H,24,25,29). The van der Waals surface area contributed by atoms with Crippen LogP contribution in [0.25, 0.3) is 0 Å². The van der Waals surface area contributed by atoms with Gasteiger partial charge in [0, 0.05) is 30.8 Å². The minimum absolute atomic E-state index is 0.0187. The Labute approximate surface area is 197 Å². The van der Waals surface area contributed by atoms with Crippen LogP contribution in [0.5, 0.6) is 0 Å². The third-order valence-corrected chi connectivity index (χ3v) is 7.57. The molecule has 1 aromatic carbocycles. The van der Waals surface area contributed by atoms with Crippen molar-refractivity contribution in [2.75, 3.05) is 18.4 Å². The maximum absolute atomic E-state index is 12.8. The van der Waals surface area contributed by atoms with Crippen LogP contribution in [0.4, 0.5) is 5.13 Å². The summed E-state index contributed by atoms with van der Waals surface area (Å²) in [4.78, 5) is 59.0. The van der Waals surface area contributed by atoms with Crippen LogP contribution >= 0.6 is 22.7 Å². The van der Waals surface area contributed by atoms with E-state index in [0.29, 0.717) is 47.1 Å². The van der Waals surface area contributed by atoms with Gasteiger partial charge in [-0.15, -0.1) is 11.3 Å². The Morgan fingerprint density at radius 3 is 2.52 bits per heavy atom. The van der Waals surface area contributed by atoms with Crippen LogP contribution < -0.4 is 5.32 Å². The van der Waals surface area contributed by atoms with Gasteiger partial charge in [0.15, 0.2) is 5.13 Å². The molecule has 33 heavy (non-hydrogen) atoms. The molecule has 0 bridgehead atoms. The lowest BCUT2D eigenvalue weighted by molar-refractivity contribution is -0.132. The zero-order valence-corrected chi connectivity index (χ0v) is 19.2. The number of carbonyl (C=O) groups is 4. The molecule has 0 saturated carbocycles. The average Bonchev–Trinajstić information content (AvgIpc) is 3.54. The molecule has 8 nitrogen and oxygen atoms in total. The highest BCUT2D eigenvalue weighted by Crippen LogP contribution is 2.29. The van der Waals surface area contributed by atoms with E-state index in [2.05, 4.69) is 10.3 Å². The number of thiazole rings is 1. The van der Waals surface area contributed by atoms with Gasteiger partial charge in [0.05, 0.1) is 28.2 Å². The fraction of sp³-hybridized carbons (Fsp3) is 0.261. The number of nitrogens with one attached hydrogen (secondary N) is 1. The first-order valence-electron chi connectivity index (χ1n) is 10.6. The minimum Gasteiger partial charge on any atom is -0.337 e. The summed E-state index contributed by atoms with van der Waals surface area (Å²) in [6.45, 7) is 1.23. The first-order valence-corrected chi connectivity index (χ1v) is 12.3. The number of anilines is 1. The molecule has 0 radical (unpaired) electrons. The van der Waals surface area contributed by atoms with Gasteiger partial charge < -0.3 is 4.90 Å². The Kier molecular flexibility index (Phi) is 5.77. The monoisotopic (exact) mass is 480 g/mol. The number of aromatic nitrogens is 1. The molecule has 168 valence electrons. The summed E-state index contributed by atoms with van der Waals surface area (Å²) in [7, 11) is 0. The number of imide groups is 1. The summed E-state index contributed by atoms with van der Waals surface area (Å²) in [5, 5.41) is 5.22. The third kappa shape index (κ3) is 4.19. The second-order valence-electron chi connectivity index (χ2n) is 7.80. The van der Waals surface area contributed by atoms with Crippen LogP contribution in [-0.4, -0.2) is 51.5 Å². The predicted molar refractivity (Wildman–Crippen MR) is 125 cm³/mol. The Morgan fingerprint density at radius 1 is 1.06 bits per heavy atom. The van der Waals surface area contributed by atoms with Crippen molar-refractivity contribution >= 4 is 51.4 Å². The van der Waals surface area contributed by atoms with Gasteiger partial charge in [-0.1, -0.05) is 29.5 Å². The van der Waals surface area contributed by atoms with Gasteiger partial charge in [-0.25, -0.2) is 4.98 Å². The molecule has 0 aliphatic carbocycles. The molecule has 2 aliphatic heterocycles. The van der Waals surface area contributed by atoms with Crippen LogP contribution in [0.15, 0.2) is 41.8 Å². The predicted octanol–water partition coefficient (Wildman–Crippen LogP) is 3.42. The Morgan fingerprint density at radius 2 is 1.82 bits per heavy atom. The molecule has 0 fully saturated rings. The van der Waals surface area contributed by atoms with E-state index in [1.165, 1.54) is 27.6 Å². The molecule has 0 spiro atoms. The number of rotatable bonds is 6. The van der Waals surface area contributed by atoms with Crippen molar-refractivity contribution in [1.82, 2.24) is 14.8 Å². The summed E-state index contributed by atoms with van der Waals surface area (Å²) in [6, 6.07) is 10.4. The van der Waals surface area contributed by atoms with Gasteiger partial charge in [0.1, 0.15) is 0 Å². The summed E-state index contributed by atoms with van der Waals surface area (Å²) >= 11 is 2.76. The largest absolute Gasteiger partial charge is 0.337 e. The molecule has 0 atom stereocenters. The average molecular weight is 481 g/mol. The zero-order valence-electron chi connectivity index (χ0n) is 17.6. The second-order valence-corrected chi connectivity index (χ2v) is 9.83. The maximum atomic E-state index is 12.8. The number of thiophene rings is 1. The quantitative estimate of drug-likeness (QED) is 0.545. The normalized spacial score (nSPS) is 14.9. The van der Waals surface area contributed by atoms with Crippen LogP contribution in [0.1, 0.15) is 53.8 Å². The van der Waals surface area contributed by atoms with E-state index in [4.69, 9.17) is 0 Å². The van der Waals surface area contributed by atoms with Crippen molar-refractivity contribution in [3.05, 3.63) is 68.4 Å². The first-order chi connectivity index (χ1) is 16.0. The van der Waals surface area contributed by atoms with Crippen molar-refractivity contribution in [2.45, 2.75) is 25.8 Å². The van der Waals surface area contributed by atoms with Gasteiger partial charge in [-0.05, 0) is 30.0 Å². The smallest absolute Gasteiger partial charge is 0.267 e. The van der Waals surface area contributed by atoms with Crippen LogP contribution in [0.3, 0.4) is 0 Å². The number of hydrogen-bond acceptors (Lipinski definition) is 7. The van der Waals surface area contributed by atoms with Gasteiger partial charge in [0.2, 0.25) is 5.91 Å². The molecule has 10 heteroatoms. The molecule has 1 N–H and O–H groups in total. The van der Waals surface area contributed by atoms with Gasteiger partial charge >= 0.3 is 0 Å². The number of carbonyl (C=O) groups excluding carboxylic acids is 4. The highest BCUT2D eigenvalue weighted by molar-refractivity contribution is 7.16. The molecule has 0 saturated heterocycles. The molecule has 5 rings (SSSR count). The molecule has 4 amide bonds. The molecule has 2 aliphatic rings. The summed E-state index contributed by atoms with van der Waals surface area (Å²) in [5.74, 6) is -0.799.